The van der Waals surface area contributed by atoms with Crippen molar-refractivity contribution in [1.82, 2.24) is 15.3 Å². The number of methoxy groups -OCH3 is 1. The molecule has 0 fully saturated rings. The van der Waals surface area contributed by atoms with Crippen molar-refractivity contribution in [1.29, 1.82) is 0 Å². The quantitative estimate of drug-likeness (QED) is 0.323. The summed E-state index contributed by atoms with van der Waals surface area (Å²) >= 11 is 3.13. The van der Waals surface area contributed by atoms with Crippen LogP contribution in [0.3, 0.4) is 0 Å². The Hall–Kier alpha value is -2.32. The molecule has 1 N–H and O–H groups in total. The summed E-state index contributed by atoms with van der Waals surface area (Å²) in [7, 11) is 1.62. The molecule has 2 heterocycles. The minimum atomic E-state index is -0.260. The third-order valence-corrected chi connectivity index (χ3v) is 6.38. The van der Waals surface area contributed by atoms with Crippen molar-refractivity contribution in [2.75, 3.05) is 20.3 Å². The molecule has 0 aliphatic rings. The van der Waals surface area contributed by atoms with Crippen LogP contribution in [-0.2, 0) is 11.2 Å². The largest absolute Gasteiger partial charge is 0.497 e. The zero-order chi connectivity index (χ0) is 19.9. The van der Waals surface area contributed by atoms with Crippen molar-refractivity contribution in [3.05, 3.63) is 41.5 Å². The third kappa shape index (κ3) is 5.14. The molecule has 0 aliphatic carbocycles. The van der Waals surface area contributed by atoms with Crippen LogP contribution in [0.2, 0.25) is 0 Å². The predicted octanol–water partition coefficient (Wildman–Crippen LogP) is 3.94. The Labute approximate surface area is 172 Å². The van der Waals surface area contributed by atoms with E-state index in [0.717, 1.165) is 33.2 Å². The van der Waals surface area contributed by atoms with Crippen molar-refractivity contribution in [3.8, 4) is 11.5 Å². The lowest BCUT2D eigenvalue weighted by Gasteiger charge is -2.12. The van der Waals surface area contributed by atoms with E-state index in [-0.39, 0.29) is 11.2 Å². The van der Waals surface area contributed by atoms with Gasteiger partial charge in [-0.2, -0.15) is 0 Å². The molecule has 2 aromatic heterocycles. The van der Waals surface area contributed by atoms with Crippen LogP contribution in [0.1, 0.15) is 18.7 Å². The summed E-state index contributed by atoms with van der Waals surface area (Å²) in [6.45, 7) is 4.84. The highest BCUT2D eigenvalue weighted by Gasteiger charge is 2.17. The summed E-state index contributed by atoms with van der Waals surface area (Å²) in [4.78, 5) is 23.3. The number of aromatic nitrogens is 2. The van der Waals surface area contributed by atoms with Gasteiger partial charge in [0.1, 0.15) is 34.3 Å². The fourth-order valence-electron chi connectivity index (χ4n) is 2.53. The summed E-state index contributed by atoms with van der Waals surface area (Å²) in [5.74, 6) is 1.48. The molecule has 0 bridgehead atoms. The molecule has 1 amide bonds. The van der Waals surface area contributed by atoms with Crippen LogP contribution in [0.5, 0.6) is 11.5 Å². The van der Waals surface area contributed by atoms with Crippen molar-refractivity contribution >= 4 is 39.2 Å². The van der Waals surface area contributed by atoms with Gasteiger partial charge in [0, 0.05) is 10.3 Å². The first-order chi connectivity index (χ1) is 13.6. The first kappa shape index (κ1) is 20.4. The number of benzene rings is 1. The predicted molar refractivity (Wildman–Crippen MR) is 114 cm³/mol. The highest BCUT2D eigenvalue weighted by atomic mass is 32.2. The number of fused-ring (bicyclic) bond motifs is 1. The van der Waals surface area contributed by atoms with Gasteiger partial charge < -0.3 is 14.8 Å². The minimum Gasteiger partial charge on any atom is -0.497 e. The van der Waals surface area contributed by atoms with Crippen LogP contribution in [0, 0.1) is 0 Å². The molecule has 0 radical (unpaired) electrons. The van der Waals surface area contributed by atoms with E-state index < -0.39 is 0 Å². The Morgan fingerprint density at radius 1 is 1.25 bits per heavy atom. The van der Waals surface area contributed by atoms with Gasteiger partial charge in [0.25, 0.3) is 0 Å². The Morgan fingerprint density at radius 3 is 2.71 bits per heavy atom. The lowest BCUT2D eigenvalue weighted by Crippen LogP contribution is -2.34. The van der Waals surface area contributed by atoms with E-state index in [1.54, 1.807) is 24.8 Å². The van der Waals surface area contributed by atoms with Crippen LogP contribution in [-0.4, -0.2) is 41.4 Å². The van der Waals surface area contributed by atoms with E-state index in [4.69, 9.17) is 9.47 Å². The number of rotatable bonds is 9. The maximum Gasteiger partial charge on any atom is 0.233 e. The van der Waals surface area contributed by atoms with Crippen molar-refractivity contribution < 1.29 is 14.3 Å². The van der Waals surface area contributed by atoms with E-state index >= 15 is 0 Å². The van der Waals surface area contributed by atoms with Gasteiger partial charge in [0.2, 0.25) is 5.91 Å². The number of thioether (sulfide) groups is 1. The first-order valence-corrected chi connectivity index (χ1v) is 10.7. The Morgan fingerprint density at radius 2 is 2.00 bits per heavy atom. The summed E-state index contributed by atoms with van der Waals surface area (Å²) < 4.78 is 10.7. The van der Waals surface area contributed by atoms with Gasteiger partial charge in [0.05, 0.1) is 18.9 Å². The fraction of sp³-hybridized carbons (Fsp3) is 0.350. The highest BCUT2D eigenvalue weighted by Crippen LogP contribution is 2.32. The molecule has 3 rings (SSSR count). The zero-order valence-electron chi connectivity index (χ0n) is 16.1. The zero-order valence-corrected chi connectivity index (χ0v) is 17.7. The van der Waals surface area contributed by atoms with E-state index in [2.05, 4.69) is 28.3 Å². The number of carbonyl (C=O) groups excluding carboxylic acids is 1. The summed E-state index contributed by atoms with van der Waals surface area (Å²) in [6.07, 6.45) is 2.53. The average molecular weight is 418 g/mol. The number of hydrogen-bond donors (Lipinski definition) is 1. The summed E-state index contributed by atoms with van der Waals surface area (Å²) in [5.41, 5.74) is 0. The molecule has 148 valence electrons. The number of hydrogen-bond acceptors (Lipinski definition) is 7. The molecule has 0 saturated carbocycles. The number of thiophene rings is 1. The first-order valence-electron chi connectivity index (χ1n) is 9.05. The van der Waals surface area contributed by atoms with Gasteiger partial charge in [0.15, 0.2) is 0 Å². The molecular weight excluding hydrogens is 394 g/mol. The second-order valence-electron chi connectivity index (χ2n) is 6.04. The molecule has 1 atom stereocenters. The van der Waals surface area contributed by atoms with Crippen molar-refractivity contribution in [2.45, 2.75) is 30.5 Å². The van der Waals surface area contributed by atoms with E-state index in [9.17, 15) is 4.79 Å². The highest BCUT2D eigenvalue weighted by molar-refractivity contribution is 8.00. The second kappa shape index (κ2) is 9.75. The number of nitrogens with zero attached hydrogens (tertiary/aromatic N) is 2. The topological polar surface area (TPSA) is 73.3 Å². The second-order valence-corrected chi connectivity index (χ2v) is 8.48. The molecule has 0 spiro atoms. The van der Waals surface area contributed by atoms with Crippen molar-refractivity contribution in [3.63, 3.8) is 0 Å². The fourth-order valence-corrected chi connectivity index (χ4v) is 4.45. The standard InChI is InChI=1S/C20H23N3O3S2/c1-4-16-11-17-19(22-12-23-20(17)28-16)27-13(2)18(24)21-9-10-26-15-7-5-14(25-3)6-8-15/h5-8,11-13H,4,9-10H2,1-3H3,(H,21,24). The number of aryl methyl sites for hydroxylation is 1. The monoisotopic (exact) mass is 417 g/mol. The number of amides is 1. The molecule has 0 saturated heterocycles. The van der Waals surface area contributed by atoms with E-state index in [1.165, 1.54) is 16.6 Å². The average Bonchev–Trinajstić information content (AvgIpc) is 3.16. The molecule has 6 nitrogen and oxygen atoms in total. The van der Waals surface area contributed by atoms with Gasteiger partial charge in [-0.25, -0.2) is 9.97 Å². The van der Waals surface area contributed by atoms with Gasteiger partial charge in [-0.15, -0.1) is 11.3 Å². The Bertz CT molecular complexity index is 928. The van der Waals surface area contributed by atoms with Gasteiger partial charge in [-0.1, -0.05) is 18.7 Å². The normalized spacial score (nSPS) is 12.0. The maximum absolute atomic E-state index is 12.4. The van der Waals surface area contributed by atoms with Gasteiger partial charge in [-0.05, 0) is 43.7 Å². The molecule has 1 aromatic carbocycles. The summed E-state index contributed by atoms with van der Waals surface area (Å²) in [6, 6.07) is 9.47. The molecule has 1 unspecified atom stereocenters. The van der Waals surface area contributed by atoms with E-state index in [0.29, 0.717) is 13.2 Å². The lowest BCUT2D eigenvalue weighted by molar-refractivity contribution is -0.120. The van der Waals surface area contributed by atoms with Gasteiger partial charge in [-0.3, -0.25) is 4.79 Å². The SMILES string of the molecule is CCc1cc2c(SC(C)C(=O)NCCOc3ccc(OC)cc3)ncnc2s1. The minimum absolute atomic E-state index is 0.0407. The molecular formula is C20H23N3O3S2. The molecule has 0 aliphatic heterocycles. The van der Waals surface area contributed by atoms with Crippen molar-refractivity contribution in [2.24, 2.45) is 0 Å². The molecule has 28 heavy (non-hydrogen) atoms. The molecule has 3 aromatic rings. The van der Waals surface area contributed by atoms with Crippen LogP contribution in [0.25, 0.3) is 10.2 Å². The third-order valence-electron chi connectivity index (χ3n) is 4.08. The smallest absolute Gasteiger partial charge is 0.233 e. The maximum atomic E-state index is 12.4. The summed E-state index contributed by atoms with van der Waals surface area (Å²) in [5, 5.41) is 4.52. The Kier molecular flexibility index (Phi) is 7.11. The number of ether oxygens (including phenoxy) is 2. The lowest BCUT2D eigenvalue weighted by atomic mass is 10.3. The number of carbonyl (C=O) groups is 1. The van der Waals surface area contributed by atoms with Crippen LogP contribution < -0.4 is 14.8 Å². The van der Waals surface area contributed by atoms with Crippen LogP contribution in [0.4, 0.5) is 0 Å². The van der Waals surface area contributed by atoms with Crippen LogP contribution >= 0.6 is 23.1 Å². The Balaban J connectivity index is 1.48. The van der Waals surface area contributed by atoms with Gasteiger partial charge >= 0.3 is 0 Å². The van der Waals surface area contributed by atoms with Crippen LogP contribution in [0.15, 0.2) is 41.7 Å². The molecule has 8 heteroatoms. The van der Waals surface area contributed by atoms with E-state index in [1.807, 2.05) is 31.2 Å². The number of nitrogens with one attached hydrogen (secondary N) is 1.